The van der Waals surface area contributed by atoms with E-state index in [1.165, 1.54) is 0 Å². The minimum absolute atomic E-state index is 0.104. The van der Waals surface area contributed by atoms with Gasteiger partial charge in [0, 0.05) is 25.5 Å². The van der Waals surface area contributed by atoms with E-state index in [2.05, 4.69) is 5.32 Å². The summed E-state index contributed by atoms with van der Waals surface area (Å²) in [6.45, 7) is 7.36. The number of ether oxygens (including phenoxy) is 1. The lowest BCUT2D eigenvalue weighted by molar-refractivity contribution is -0.120. The van der Waals surface area contributed by atoms with Crippen LogP contribution in [0.1, 0.15) is 46.5 Å². The third kappa shape index (κ3) is 10.3. The number of carbonyl (C=O) groups is 1. The van der Waals surface area contributed by atoms with E-state index in [1.807, 2.05) is 20.8 Å². The number of carbonyl (C=O) groups excluding carboxylic acids is 1. The molecule has 0 aliphatic heterocycles. The van der Waals surface area contributed by atoms with Gasteiger partial charge in [-0.3, -0.25) is 4.79 Å². The Bertz CT molecular complexity index is 195. The average Bonchev–Trinajstić information content (AvgIpc) is 2.31. The second-order valence-corrected chi connectivity index (χ2v) is 4.63. The number of aliphatic hydroxyl groups excluding tert-OH is 1. The SMILES string of the molecule is CCC(=O)NCCCCC(CO)COC(C)C. The number of hydrogen-bond acceptors (Lipinski definition) is 3. The number of aliphatic hydroxyl groups is 1. The molecule has 0 rings (SSSR count). The van der Waals surface area contributed by atoms with Crippen LogP contribution in [-0.2, 0) is 9.53 Å². The highest BCUT2D eigenvalue weighted by Crippen LogP contribution is 2.09. The second-order valence-electron chi connectivity index (χ2n) is 4.63. The molecule has 0 aromatic rings. The molecule has 1 unspecified atom stereocenters. The summed E-state index contributed by atoms with van der Waals surface area (Å²) in [6.07, 6.45) is 3.68. The van der Waals surface area contributed by atoms with Gasteiger partial charge in [-0.25, -0.2) is 0 Å². The molecule has 0 saturated carbocycles. The Morgan fingerprint density at radius 3 is 2.59 bits per heavy atom. The van der Waals surface area contributed by atoms with Crippen LogP contribution in [0.4, 0.5) is 0 Å². The first kappa shape index (κ1) is 16.4. The summed E-state index contributed by atoms with van der Waals surface area (Å²) in [7, 11) is 0. The van der Waals surface area contributed by atoms with E-state index in [0.717, 1.165) is 25.8 Å². The summed E-state index contributed by atoms with van der Waals surface area (Å²) >= 11 is 0. The molecular formula is C13H27NO3. The van der Waals surface area contributed by atoms with Crippen LogP contribution in [0.25, 0.3) is 0 Å². The lowest BCUT2D eigenvalue weighted by Crippen LogP contribution is -2.23. The van der Waals surface area contributed by atoms with Crippen LogP contribution in [0, 0.1) is 5.92 Å². The van der Waals surface area contributed by atoms with Gasteiger partial charge in [0.1, 0.15) is 0 Å². The molecule has 17 heavy (non-hydrogen) atoms. The monoisotopic (exact) mass is 245 g/mol. The average molecular weight is 245 g/mol. The van der Waals surface area contributed by atoms with Crippen molar-refractivity contribution in [3.8, 4) is 0 Å². The maximum absolute atomic E-state index is 11.0. The van der Waals surface area contributed by atoms with Gasteiger partial charge in [0.05, 0.1) is 12.7 Å². The lowest BCUT2D eigenvalue weighted by Gasteiger charge is -2.16. The molecule has 4 nitrogen and oxygen atoms in total. The zero-order chi connectivity index (χ0) is 13.1. The van der Waals surface area contributed by atoms with Gasteiger partial charge in [0.2, 0.25) is 5.91 Å². The van der Waals surface area contributed by atoms with Crippen molar-refractivity contribution < 1.29 is 14.6 Å². The topological polar surface area (TPSA) is 58.6 Å². The van der Waals surface area contributed by atoms with Crippen molar-refractivity contribution in [1.29, 1.82) is 0 Å². The minimum Gasteiger partial charge on any atom is -0.396 e. The fourth-order valence-electron chi connectivity index (χ4n) is 1.47. The molecule has 0 bridgehead atoms. The van der Waals surface area contributed by atoms with Crippen LogP contribution in [-0.4, -0.2) is 36.9 Å². The van der Waals surface area contributed by atoms with Crippen LogP contribution in [0.5, 0.6) is 0 Å². The summed E-state index contributed by atoms with van der Waals surface area (Å²) in [5.41, 5.74) is 0. The maximum Gasteiger partial charge on any atom is 0.219 e. The third-order valence-corrected chi connectivity index (χ3v) is 2.61. The molecule has 0 radical (unpaired) electrons. The van der Waals surface area contributed by atoms with Crippen LogP contribution in [0.2, 0.25) is 0 Å². The van der Waals surface area contributed by atoms with Gasteiger partial charge in [-0.2, -0.15) is 0 Å². The summed E-state index contributed by atoms with van der Waals surface area (Å²) in [5.74, 6) is 0.325. The molecule has 1 amide bonds. The Kier molecular flexibility index (Phi) is 10.2. The molecule has 0 aliphatic rings. The van der Waals surface area contributed by atoms with Gasteiger partial charge in [-0.1, -0.05) is 13.3 Å². The smallest absolute Gasteiger partial charge is 0.219 e. The molecule has 4 heteroatoms. The third-order valence-electron chi connectivity index (χ3n) is 2.61. The van der Waals surface area contributed by atoms with E-state index in [4.69, 9.17) is 4.74 Å². The van der Waals surface area contributed by atoms with Gasteiger partial charge in [0.15, 0.2) is 0 Å². The van der Waals surface area contributed by atoms with Crippen molar-refractivity contribution in [2.24, 2.45) is 5.92 Å². The van der Waals surface area contributed by atoms with E-state index in [0.29, 0.717) is 13.0 Å². The van der Waals surface area contributed by atoms with E-state index >= 15 is 0 Å². The van der Waals surface area contributed by atoms with Crippen molar-refractivity contribution in [2.75, 3.05) is 19.8 Å². The molecule has 1 atom stereocenters. The first-order valence-corrected chi connectivity index (χ1v) is 6.59. The lowest BCUT2D eigenvalue weighted by atomic mass is 10.0. The summed E-state index contributed by atoms with van der Waals surface area (Å²) in [5, 5.41) is 12.0. The Balaban J connectivity index is 3.46. The highest BCUT2D eigenvalue weighted by atomic mass is 16.5. The van der Waals surface area contributed by atoms with E-state index in [9.17, 15) is 9.90 Å². The standard InChI is InChI=1S/C13H27NO3/c1-4-13(16)14-8-6-5-7-12(9-15)10-17-11(2)3/h11-12,15H,4-10H2,1-3H3,(H,14,16). The Morgan fingerprint density at radius 2 is 2.06 bits per heavy atom. The van der Waals surface area contributed by atoms with Crippen molar-refractivity contribution in [3.63, 3.8) is 0 Å². The molecule has 0 aliphatic carbocycles. The number of rotatable bonds is 10. The first-order chi connectivity index (χ1) is 8.10. The van der Waals surface area contributed by atoms with Crippen LogP contribution in [0.15, 0.2) is 0 Å². The molecule has 0 spiro atoms. The maximum atomic E-state index is 11.0. The zero-order valence-corrected chi connectivity index (χ0v) is 11.4. The normalized spacial score (nSPS) is 12.8. The quantitative estimate of drug-likeness (QED) is 0.576. The molecule has 0 fully saturated rings. The molecule has 102 valence electrons. The van der Waals surface area contributed by atoms with E-state index in [1.54, 1.807) is 0 Å². The minimum atomic E-state index is 0.104. The number of hydrogen-bond donors (Lipinski definition) is 2. The predicted octanol–water partition coefficient (Wildman–Crippen LogP) is 1.72. The molecule has 2 N–H and O–H groups in total. The largest absolute Gasteiger partial charge is 0.396 e. The van der Waals surface area contributed by atoms with Gasteiger partial charge < -0.3 is 15.2 Å². The van der Waals surface area contributed by atoms with Crippen molar-refractivity contribution >= 4 is 5.91 Å². The summed E-state index contributed by atoms with van der Waals surface area (Å²) < 4.78 is 5.48. The van der Waals surface area contributed by atoms with Crippen molar-refractivity contribution in [3.05, 3.63) is 0 Å². The van der Waals surface area contributed by atoms with E-state index in [-0.39, 0.29) is 24.5 Å². The highest BCUT2D eigenvalue weighted by molar-refractivity contribution is 5.75. The fourth-order valence-corrected chi connectivity index (χ4v) is 1.47. The molecular weight excluding hydrogens is 218 g/mol. The van der Waals surface area contributed by atoms with Gasteiger partial charge in [-0.05, 0) is 26.7 Å². The summed E-state index contributed by atoms with van der Waals surface area (Å²) in [4.78, 5) is 11.0. The Morgan fingerprint density at radius 1 is 1.35 bits per heavy atom. The molecule has 0 saturated heterocycles. The highest BCUT2D eigenvalue weighted by Gasteiger charge is 2.08. The molecule has 0 aromatic heterocycles. The van der Waals surface area contributed by atoms with Crippen molar-refractivity contribution in [2.45, 2.75) is 52.6 Å². The van der Waals surface area contributed by atoms with Crippen LogP contribution in [0.3, 0.4) is 0 Å². The van der Waals surface area contributed by atoms with E-state index < -0.39 is 0 Å². The van der Waals surface area contributed by atoms with Crippen LogP contribution < -0.4 is 5.32 Å². The second kappa shape index (κ2) is 10.5. The molecule has 0 heterocycles. The van der Waals surface area contributed by atoms with Gasteiger partial charge >= 0.3 is 0 Å². The number of unbranched alkanes of at least 4 members (excludes halogenated alkanes) is 1. The predicted molar refractivity (Wildman–Crippen MR) is 68.8 cm³/mol. The number of nitrogens with one attached hydrogen (secondary N) is 1. The van der Waals surface area contributed by atoms with Crippen LogP contribution >= 0.6 is 0 Å². The number of amides is 1. The first-order valence-electron chi connectivity index (χ1n) is 6.59. The zero-order valence-electron chi connectivity index (χ0n) is 11.4. The Hall–Kier alpha value is -0.610. The van der Waals surface area contributed by atoms with Gasteiger partial charge in [-0.15, -0.1) is 0 Å². The molecule has 0 aromatic carbocycles. The van der Waals surface area contributed by atoms with Gasteiger partial charge in [0.25, 0.3) is 0 Å². The summed E-state index contributed by atoms with van der Waals surface area (Å²) in [6, 6.07) is 0. The Labute approximate surface area is 105 Å². The fraction of sp³-hybridized carbons (Fsp3) is 0.923. The van der Waals surface area contributed by atoms with Crippen molar-refractivity contribution in [1.82, 2.24) is 5.32 Å².